The summed E-state index contributed by atoms with van der Waals surface area (Å²) < 4.78 is 11.2. The molecule has 3 N–H and O–H groups in total. The average molecular weight is 542 g/mol. The van der Waals surface area contributed by atoms with E-state index in [-0.39, 0.29) is 16.9 Å². The lowest BCUT2D eigenvalue weighted by Crippen LogP contribution is -2.34. The van der Waals surface area contributed by atoms with Crippen LogP contribution >= 0.6 is 28.1 Å². The second kappa shape index (κ2) is 12.8. The molecule has 34 heavy (non-hydrogen) atoms. The van der Waals surface area contributed by atoms with E-state index in [1.54, 1.807) is 49.6 Å². The number of hydrogen-bond acceptors (Lipinski definition) is 5. The fourth-order valence-electron chi connectivity index (χ4n) is 2.92. The van der Waals surface area contributed by atoms with Crippen LogP contribution in [-0.4, -0.2) is 37.3 Å². The minimum absolute atomic E-state index is 0.142. The Labute approximate surface area is 212 Å². The molecule has 3 aromatic rings. The molecule has 0 fully saturated rings. The molecular formula is C25H24BrN3O4S. The van der Waals surface area contributed by atoms with Gasteiger partial charge in [-0.1, -0.05) is 30.3 Å². The number of ether oxygens (including phenoxy) is 2. The summed E-state index contributed by atoms with van der Waals surface area (Å²) in [6, 6.07) is 21.5. The molecule has 0 bridgehead atoms. The maximum Gasteiger partial charge on any atom is 0.257 e. The van der Waals surface area contributed by atoms with Crippen molar-refractivity contribution < 1.29 is 19.1 Å². The molecule has 0 radical (unpaired) electrons. The monoisotopic (exact) mass is 541 g/mol. The van der Waals surface area contributed by atoms with Crippen LogP contribution in [0.4, 0.5) is 5.69 Å². The lowest BCUT2D eigenvalue weighted by Gasteiger charge is -2.12. The molecule has 0 heterocycles. The highest BCUT2D eigenvalue weighted by molar-refractivity contribution is 9.10. The van der Waals surface area contributed by atoms with Gasteiger partial charge in [0.2, 0.25) is 0 Å². The van der Waals surface area contributed by atoms with Crippen molar-refractivity contribution in [2.75, 3.05) is 25.6 Å². The molecule has 0 aliphatic rings. The molecule has 0 aromatic heterocycles. The van der Waals surface area contributed by atoms with Gasteiger partial charge in [-0.15, -0.1) is 0 Å². The van der Waals surface area contributed by atoms with Crippen LogP contribution in [0.1, 0.15) is 26.3 Å². The third kappa shape index (κ3) is 7.65. The van der Waals surface area contributed by atoms with Gasteiger partial charge in [0.1, 0.15) is 12.4 Å². The van der Waals surface area contributed by atoms with Gasteiger partial charge in [0.25, 0.3) is 11.8 Å². The lowest BCUT2D eigenvalue weighted by atomic mass is 10.1. The number of anilines is 1. The van der Waals surface area contributed by atoms with Crippen LogP contribution in [0.25, 0.3) is 0 Å². The van der Waals surface area contributed by atoms with Gasteiger partial charge in [0.15, 0.2) is 5.11 Å². The van der Waals surface area contributed by atoms with E-state index in [0.717, 1.165) is 5.56 Å². The van der Waals surface area contributed by atoms with Crippen LogP contribution in [0.2, 0.25) is 0 Å². The first-order chi connectivity index (χ1) is 16.5. The van der Waals surface area contributed by atoms with Crippen molar-refractivity contribution in [2.24, 2.45) is 0 Å². The lowest BCUT2D eigenvalue weighted by molar-refractivity contribution is 0.0948. The zero-order valence-electron chi connectivity index (χ0n) is 18.5. The van der Waals surface area contributed by atoms with Crippen molar-refractivity contribution in [1.82, 2.24) is 10.6 Å². The molecule has 0 spiro atoms. The number of halogens is 1. The minimum Gasteiger partial charge on any atom is -0.490 e. The molecule has 0 saturated carbocycles. The van der Waals surface area contributed by atoms with Gasteiger partial charge in [-0.3, -0.25) is 14.9 Å². The van der Waals surface area contributed by atoms with Crippen molar-refractivity contribution in [1.29, 1.82) is 0 Å². The van der Waals surface area contributed by atoms with Gasteiger partial charge in [-0.2, -0.15) is 0 Å². The summed E-state index contributed by atoms with van der Waals surface area (Å²) in [7, 11) is 1.60. The number of hydrogen-bond donors (Lipinski definition) is 3. The van der Waals surface area contributed by atoms with Crippen LogP contribution in [0.5, 0.6) is 5.75 Å². The highest BCUT2D eigenvalue weighted by Crippen LogP contribution is 2.26. The standard InChI is InChI=1S/C25H24BrN3O4S/c1-32-13-14-33-22-12-9-19(15-21(22)26)24(31)29-25(34)28-20-10-7-18(8-11-20)23(30)27-16-17-5-3-2-4-6-17/h2-12,15H,13-14,16H2,1H3,(H,27,30)(H2,28,29,31,34). The first-order valence-electron chi connectivity index (χ1n) is 10.4. The topological polar surface area (TPSA) is 88.7 Å². The van der Waals surface area contributed by atoms with Crippen molar-refractivity contribution in [3.63, 3.8) is 0 Å². The Bertz CT molecular complexity index is 1140. The number of carbonyl (C=O) groups excluding carboxylic acids is 2. The van der Waals surface area contributed by atoms with Gasteiger partial charge in [-0.25, -0.2) is 0 Å². The molecule has 176 valence electrons. The molecule has 3 aromatic carbocycles. The fourth-order valence-corrected chi connectivity index (χ4v) is 3.62. The Hall–Kier alpha value is -3.27. The summed E-state index contributed by atoms with van der Waals surface area (Å²) in [5.41, 5.74) is 2.61. The zero-order valence-corrected chi connectivity index (χ0v) is 20.9. The third-order valence-corrected chi connectivity index (χ3v) is 5.49. The van der Waals surface area contributed by atoms with Gasteiger partial charge in [-0.05, 0) is 76.2 Å². The van der Waals surface area contributed by atoms with E-state index in [4.69, 9.17) is 21.7 Å². The van der Waals surface area contributed by atoms with Crippen molar-refractivity contribution in [3.05, 3.63) is 94.0 Å². The van der Waals surface area contributed by atoms with E-state index in [1.807, 2.05) is 30.3 Å². The van der Waals surface area contributed by atoms with Gasteiger partial charge < -0.3 is 20.1 Å². The SMILES string of the molecule is COCCOc1ccc(C(=O)NC(=S)Nc2ccc(C(=O)NCc3ccccc3)cc2)cc1Br. The predicted molar refractivity (Wildman–Crippen MR) is 139 cm³/mol. The van der Waals surface area contributed by atoms with E-state index in [0.29, 0.717) is 46.8 Å². The molecule has 0 saturated heterocycles. The smallest absolute Gasteiger partial charge is 0.257 e. The number of nitrogens with one attached hydrogen (secondary N) is 3. The second-order valence-corrected chi connectivity index (χ2v) is 8.40. The molecule has 0 aliphatic carbocycles. The first-order valence-corrected chi connectivity index (χ1v) is 11.6. The highest BCUT2D eigenvalue weighted by atomic mass is 79.9. The number of rotatable bonds is 9. The summed E-state index contributed by atoms with van der Waals surface area (Å²) in [6.45, 7) is 1.32. The van der Waals surface area contributed by atoms with Crippen LogP contribution < -0.4 is 20.7 Å². The Morgan fingerprint density at radius 2 is 1.62 bits per heavy atom. The van der Waals surface area contributed by atoms with E-state index >= 15 is 0 Å². The molecule has 0 atom stereocenters. The Morgan fingerprint density at radius 1 is 0.912 bits per heavy atom. The Morgan fingerprint density at radius 3 is 2.29 bits per heavy atom. The third-order valence-electron chi connectivity index (χ3n) is 4.67. The molecule has 2 amide bonds. The van der Waals surface area contributed by atoms with Crippen LogP contribution in [0.15, 0.2) is 77.3 Å². The number of thiocarbonyl (C=S) groups is 1. The number of benzene rings is 3. The molecule has 7 nitrogen and oxygen atoms in total. The van der Waals surface area contributed by atoms with Gasteiger partial charge >= 0.3 is 0 Å². The maximum atomic E-state index is 12.5. The average Bonchev–Trinajstić information content (AvgIpc) is 2.84. The molecule has 3 rings (SSSR count). The van der Waals surface area contributed by atoms with E-state index in [2.05, 4.69) is 31.9 Å². The minimum atomic E-state index is -0.362. The van der Waals surface area contributed by atoms with Crippen molar-refractivity contribution in [3.8, 4) is 5.75 Å². The number of carbonyl (C=O) groups is 2. The highest BCUT2D eigenvalue weighted by Gasteiger charge is 2.12. The zero-order chi connectivity index (χ0) is 24.3. The molecular weight excluding hydrogens is 518 g/mol. The predicted octanol–water partition coefficient (Wildman–Crippen LogP) is 4.53. The van der Waals surface area contributed by atoms with E-state index in [1.165, 1.54) is 0 Å². The van der Waals surface area contributed by atoms with Crippen LogP contribution in [0.3, 0.4) is 0 Å². The Kier molecular flexibility index (Phi) is 9.57. The van der Waals surface area contributed by atoms with Gasteiger partial charge in [0.05, 0.1) is 11.1 Å². The Balaban J connectivity index is 1.50. The fraction of sp³-hybridized carbons (Fsp3) is 0.160. The molecule has 0 unspecified atom stereocenters. The first kappa shape index (κ1) is 25.4. The van der Waals surface area contributed by atoms with Crippen LogP contribution in [0, 0.1) is 0 Å². The second-order valence-electron chi connectivity index (χ2n) is 7.14. The van der Waals surface area contributed by atoms with E-state index < -0.39 is 0 Å². The quantitative estimate of drug-likeness (QED) is 0.272. The molecule has 0 aliphatic heterocycles. The van der Waals surface area contributed by atoms with Gasteiger partial charge in [0, 0.05) is 30.5 Å². The summed E-state index contributed by atoms with van der Waals surface area (Å²) >= 11 is 8.65. The van der Waals surface area contributed by atoms with E-state index in [9.17, 15) is 9.59 Å². The molecule has 9 heteroatoms. The largest absolute Gasteiger partial charge is 0.490 e. The number of amides is 2. The van der Waals surface area contributed by atoms with Crippen molar-refractivity contribution in [2.45, 2.75) is 6.54 Å². The number of methoxy groups -OCH3 is 1. The summed E-state index contributed by atoms with van der Waals surface area (Å²) in [5, 5.41) is 8.61. The summed E-state index contributed by atoms with van der Waals surface area (Å²) in [6.07, 6.45) is 0. The summed E-state index contributed by atoms with van der Waals surface area (Å²) in [4.78, 5) is 24.9. The maximum absolute atomic E-state index is 12.5. The van der Waals surface area contributed by atoms with Crippen molar-refractivity contribution >= 4 is 50.8 Å². The summed E-state index contributed by atoms with van der Waals surface area (Å²) in [5.74, 6) is 0.0762. The van der Waals surface area contributed by atoms with Crippen LogP contribution in [-0.2, 0) is 11.3 Å². The normalized spacial score (nSPS) is 10.3.